The molecule has 1 fully saturated rings. The lowest BCUT2D eigenvalue weighted by atomic mass is 9.88. The maximum Gasteiger partial charge on any atom is 0.107 e. The van der Waals surface area contributed by atoms with Crippen LogP contribution < -0.4 is 5.73 Å². The fourth-order valence-electron chi connectivity index (χ4n) is 2.50. The van der Waals surface area contributed by atoms with Gasteiger partial charge >= 0.3 is 0 Å². The Labute approximate surface area is 118 Å². The molecule has 0 aromatic heterocycles. The lowest BCUT2D eigenvalue weighted by Crippen LogP contribution is -2.41. The second-order valence-corrected chi connectivity index (χ2v) is 6.44. The number of nitrogens with zero attached hydrogens (tertiary/aromatic N) is 1. The molecule has 1 saturated carbocycles. The standard InChI is InChI=1S/C14H17ClN2S/c15-12-3-5-13(6-4-12)18-9-7-11-2-1-8-14(11,17)10-16/h3-6,11H,1-2,7-9,17H2. The predicted octanol–water partition coefficient (Wildman–Crippen LogP) is 3.84. The van der Waals surface area contributed by atoms with Crippen molar-refractivity contribution in [3.63, 3.8) is 0 Å². The van der Waals surface area contributed by atoms with Gasteiger partial charge < -0.3 is 5.73 Å². The molecule has 2 unspecified atom stereocenters. The summed E-state index contributed by atoms with van der Waals surface area (Å²) in [6.07, 6.45) is 4.03. The van der Waals surface area contributed by atoms with Crippen molar-refractivity contribution >= 4 is 23.4 Å². The Morgan fingerprint density at radius 2 is 2.17 bits per heavy atom. The quantitative estimate of drug-likeness (QED) is 0.853. The molecular weight excluding hydrogens is 264 g/mol. The molecule has 2 N–H and O–H groups in total. The first-order valence-electron chi connectivity index (χ1n) is 6.22. The van der Waals surface area contributed by atoms with Gasteiger partial charge in [0.25, 0.3) is 0 Å². The van der Waals surface area contributed by atoms with Gasteiger partial charge in [0.05, 0.1) is 6.07 Å². The van der Waals surface area contributed by atoms with Gasteiger partial charge in [0, 0.05) is 9.92 Å². The topological polar surface area (TPSA) is 49.8 Å². The Balaban J connectivity index is 1.82. The molecule has 0 heterocycles. The number of rotatable bonds is 4. The van der Waals surface area contributed by atoms with Crippen LogP contribution in [0, 0.1) is 17.2 Å². The Hall–Kier alpha value is -0.690. The zero-order valence-corrected chi connectivity index (χ0v) is 11.8. The van der Waals surface area contributed by atoms with E-state index in [1.165, 1.54) is 4.90 Å². The Kier molecular flexibility index (Phi) is 4.55. The van der Waals surface area contributed by atoms with Crippen LogP contribution in [0.2, 0.25) is 5.02 Å². The maximum absolute atomic E-state index is 9.15. The third kappa shape index (κ3) is 3.20. The lowest BCUT2D eigenvalue weighted by Gasteiger charge is -2.23. The highest BCUT2D eigenvalue weighted by Gasteiger charge is 2.39. The average Bonchev–Trinajstić information content (AvgIpc) is 2.74. The van der Waals surface area contributed by atoms with Crippen molar-refractivity contribution < 1.29 is 0 Å². The first kappa shape index (κ1) is 13.7. The van der Waals surface area contributed by atoms with Crippen LogP contribution in [0.15, 0.2) is 29.2 Å². The number of nitriles is 1. The summed E-state index contributed by atoms with van der Waals surface area (Å²) in [6, 6.07) is 10.2. The number of halogens is 1. The minimum absolute atomic E-state index is 0.349. The van der Waals surface area contributed by atoms with E-state index in [2.05, 4.69) is 6.07 Å². The Bertz CT molecular complexity index is 440. The highest BCUT2D eigenvalue weighted by atomic mass is 35.5. The monoisotopic (exact) mass is 280 g/mol. The summed E-state index contributed by atoms with van der Waals surface area (Å²) in [5.41, 5.74) is 5.53. The summed E-state index contributed by atoms with van der Waals surface area (Å²) in [4.78, 5) is 1.22. The Morgan fingerprint density at radius 3 is 2.83 bits per heavy atom. The summed E-state index contributed by atoms with van der Waals surface area (Å²) in [5, 5.41) is 9.91. The molecule has 0 aliphatic heterocycles. The molecule has 1 aliphatic rings. The van der Waals surface area contributed by atoms with Crippen molar-refractivity contribution in [2.45, 2.75) is 36.1 Å². The highest BCUT2D eigenvalue weighted by Crippen LogP contribution is 2.36. The first-order chi connectivity index (χ1) is 8.64. The molecule has 1 aromatic rings. The van der Waals surface area contributed by atoms with Crippen molar-refractivity contribution in [2.75, 3.05) is 5.75 Å². The average molecular weight is 281 g/mol. The van der Waals surface area contributed by atoms with Gasteiger partial charge in [0.1, 0.15) is 5.54 Å². The third-order valence-corrected chi connectivity index (χ3v) is 4.93. The van der Waals surface area contributed by atoms with E-state index in [4.69, 9.17) is 22.6 Å². The molecule has 1 aromatic carbocycles. The van der Waals surface area contributed by atoms with E-state index in [0.29, 0.717) is 5.92 Å². The van der Waals surface area contributed by atoms with E-state index in [9.17, 15) is 0 Å². The number of nitrogens with two attached hydrogens (primary N) is 1. The normalized spacial score (nSPS) is 27.1. The SMILES string of the molecule is N#CC1(N)CCCC1CCSc1ccc(Cl)cc1. The number of hydrogen-bond donors (Lipinski definition) is 1. The summed E-state index contributed by atoms with van der Waals surface area (Å²) in [5.74, 6) is 1.36. The van der Waals surface area contributed by atoms with E-state index in [-0.39, 0.29) is 0 Å². The number of hydrogen-bond acceptors (Lipinski definition) is 3. The van der Waals surface area contributed by atoms with Crippen molar-refractivity contribution in [1.82, 2.24) is 0 Å². The predicted molar refractivity (Wildman–Crippen MR) is 76.7 cm³/mol. The van der Waals surface area contributed by atoms with Gasteiger partial charge in [0.2, 0.25) is 0 Å². The third-order valence-electron chi connectivity index (χ3n) is 3.63. The fourth-order valence-corrected chi connectivity index (χ4v) is 3.59. The Morgan fingerprint density at radius 1 is 1.44 bits per heavy atom. The summed E-state index contributed by atoms with van der Waals surface area (Å²) in [7, 11) is 0. The van der Waals surface area contributed by atoms with Crippen LogP contribution in [0.1, 0.15) is 25.7 Å². The van der Waals surface area contributed by atoms with Crippen molar-refractivity contribution in [3.05, 3.63) is 29.3 Å². The van der Waals surface area contributed by atoms with Gasteiger partial charge in [-0.3, -0.25) is 0 Å². The molecule has 0 spiro atoms. The van der Waals surface area contributed by atoms with E-state index < -0.39 is 5.54 Å². The molecule has 1 aliphatic carbocycles. The van der Waals surface area contributed by atoms with E-state index in [1.54, 1.807) is 11.8 Å². The minimum Gasteiger partial charge on any atom is -0.313 e. The maximum atomic E-state index is 9.15. The lowest BCUT2D eigenvalue weighted by molar-refractivity contribution is 0.389. The second-order valence-electron chi connectivity index (χ2n) is 4.83. The second kappa shape index (κ2) is 5.97. The van der Waals surface area contributed by atoms with E-state index in [1.807, 2.05) is 24.3 Å². The highest BCUT2D eigenvalue weighted by molar-refractivity contribution is 7.99. The van der Waals surface area contributed by atoms with Crippen molar-refractivity contribution in [1.29, 1.82) is 5.26 Å². The summed E-state index contributed by atoms with van der Waals surface area (Å²) in [6.45, 7) is 0. The van der Waals surface area contributed by atoms with Crippen molar-refractivity contribution in [3.8, 4) is 6.07 Å². The zero-order chi connectivity index (χ0) is 13.0. The van der Waals surface area contributed by atoms with Crippen LogP contribution in [0.4, 0.5) is 0 Å². The van der Waals surface area contributed by atoms with Gasteiger partial charge in [-0.2, -0.15) is 5.26 Å². The molecule has 0 bridgehead atoms. The number of benzene rings is 1. The summed E-state index contributed by atoms with van der Waals surface area (Å²) >= 11 is 7.65. The van der Waals surface area contributed by atoms with Gasteiger partial charge in [-0.05, 0) is 55.2 Å². The van der Waals surface area contributed by atoms with Crippen molar-refractivity contribution in [2.24, 2.45) is 11.7 Å². The molecule has 4 heteroatoms. The zero-order valence-electron chi connectivity index (χ0n) is 10.2. The minimum atomic E-state index is -0.583. The fraction of sp³-hybridized carbons (Fsp3) is 0.500. The molecule has 18 heavy (non-hydrogen) atoms. The molecule has 2 nitrogen and oxygen atoms in total. The summed E-state index contributed by atoms with van der Waals surface area (Å²) < 4.78 is 0. The van der Waals surface area contributed by atoms with Gasteiger partial charge in [-0.1, -0.05) is 18.0 Å². The smallest absolute Gasteiger partial charge is 0.107 e. The van der Waals surface area contributed by atoms with Crippen LogP contribution in [0.3, 0.4) is 0 Å². The van der Waals surface area contributed by atoms with Crippen LogP contribution in [0.25, 0.3) is 0 Å². The van der Waals surface area contributed by atoms with Gasteiger partial charge in [0.15, 0.2) is 0 Å². The molecule has 0 amide bonds. The van der Waals surface area contributed by atoms with E-state index >= 15 is 0 Å². The van der Waals surface area contributed by atoms with Crippen LogP contribution >= 0.6 is 23.4 Å². The van der Waals surface area contributed by atoms with Gasteiger partial charge in [-0.15, -0.1) is 11.8 Å². The molecule has 2 atom stereocenters. The van der Waals surface area contributed by atoms with Crippen LogP contribution in [-0.4, -0.2) is 11.3 Å². The van der Waals surface area contributed by atoms with Gasteiger partial charge in [-0.25, -0.2) is 0 Å². The first-order valence-corrected chi connectivity index (χ1v) is 7.59. The molecular formula is C14H17ClN2S. The van der Waals surface area contributed by atoms with Crippen LogP contribution in [-0.2, 0) is 0 Å². The van der Waals surface area contributed by atoms with Crippen LogP contribution in [0.5, 0.6) is 0 Å². The van der Waals surface area contributed by atoms with E-state index in [0.717, 1.165) is 36.5 Å². The molecule has 2 rings (SSSR count). The molecule has 0 saturated heterocycles. The largest absolute Gasteiger partial charge is 0.313 e. The number of thioether (sulfide) groups is 1. The molecule has 0 radical (unpaired) electrons. The molecule has 96 valence electrons.